The van der Waals surface area contributed by atoms with Crippen molar-refractivity contribution in [3.8, 4) is 5.75 Å². The Hall–Kier alpha value is -3.13. The van der Waals surface area contributed by atoms with E-state index in [-0.39, 0.29) is 11.7 Å². The molecule has 0 radical (unpaired) electrons. The number of rotatable bonds is 5. The first-order chi connectivity index (χ1) is 12.7. The first-order valence-electron chi connectivity index (χ1n) is 7.90. The number of nitrogens with zero attached hydrogens (tertiary/aromatic N) is 4. The molecule has 4 rings (SSSR count). The van der Waals surface area contributed by atoms with Gasteiger partial charge in [-0.2, -0.15) is 0 Å². The SMILES string of the molecule is COc1ccc(NC(=O)CSc2nc3ccccc3n3cnnc23)cc1. The molecule has 0 saturated heterocycles. The maximum Gasteiger partial charge on any atom is 0.234 e. The van der Waals surface area contributed by atoms with Crippen molar-refractivity contribution < 1.29 is 9.53 Å². The predicted molar refractivity (Wildman–Crippen MR) is 101 cm³/mol. The molecule has 0 spiro atoms. The fraction of sp³-hybridized carbons (Fsp3) is 0.111. The Balaban J connectivity index is 1.51. The van der Waals surface area contributed by atoms with Crippen LogP contribution in [0.2, 0.25) is 0 Å². The number of anilines is 1. The molecule has 0 atom stereocenters. The molecule has 0 aliphatic carbocycles. The number of carbonyl (C=O) groups excluding carboxylic acids is 1. The summed E-state index contributed by atoms with van der Waals surface area (Å²) in [6.45, 7) is 0. The molecule has 4 aromatic rings. The van der Waals surface area contributed by atoms with Crippen LogP contribution in [0.3, 0.4) is 0 Å². The van der Waals surface area contributed by atoms with Gasteiger partial charge in [-0.05, 0) is 36.4 Å². The number of para-hydroxylation sites is 2. The van der Waals surface area contributed by atoms with Crippen LogP contribution in [-0.2, 0) is 4.79 Å². The van der Waals surface area contributed by atoms with E-state index in [1.165, 1.54) is 11.8 Å². The van der Waals surface area contributed by atoms with Crippen LogP contribution < -0.4 is 10.1 Å². The Kier molecular flexibility index (Phi) is 4.40. The number of benzene rings is 2. The lowest BCUT2D eigenvalue weighted by Gasteiger charge is -2.07. The van der Waals surface area contributed by atoms with Crippen molar-refractivity contribution >= 4 is 40.0 Å². The van der Waals surface area contributed by atoms with Crippen LogP contribution in [0.15, 0.2) is 59.9 Å². The van der Waals surface area contributed by atoms with Gasteiger partial charge in [-0.25, -0.2) is 4.98 Å². The first kappa shape index (κ1) is 16.3. The summed E-state index contributed by atoms with van der Waals surface area (Å²) < 4.78 is 6.99. The fourth-order valence-corrected chi connectivity index (χ4v) is 3.35. The third kappa shape index (κ3) is 3.18. The topological polar surface area (TPSA) is 81.4 Å². The molecule has 7 nitrogen and oxygen atoms in total. The second-order valence-electron chi connectivity index (χ2n) is 5.50. The van der Waals surface area contributed by atoms with Gasteiger partial charge in [0.05, 0.1) is 23.9 Å². The highest BCUT2D eigenvalue weighted by molar-refractivity contribution is 8.00. The van der Waals surface area contributed by atoms with Crippen molar-refractivity contribution in [3.05, 3.63) is 54.9 Å². The van der Waals surface area contributed by atoms with Crippen molar-refractivity contribution in [2.45, 2.75) is 5.03 Å². The quantitative estimate of drug-likeness (QED) is 0.548. The average molecular weight is 365 g/mol. The van der Waals surface area contributed by atoms with Crippen molar-refractivity contribution in [1.82, 2.24) is 19.6 Å². The van der Waals surface area contributed by atoms with Crippen LogP contribution >= 0.6 is 11.8 Å². The minimum absolute atomic E-state index is 0.118. The standard InChI is InChI=1S/C18H15N5O2S/c1-25-13-8-6-12(7-9-13)20-16(24)10-26-18-17-22-19-11-23(17)15-5-3-2-4-14(15)21-18/h2-9,11H,10H2,1H3,(H,20,24). The lowest BCUT2D eigenvalue weighted by atomic mass is 10.3. The van der Waals surface area contributed by atoms with Crippen LogP contribution in [-0.4, -0.2) is 38.4 Å². The molecule has 130 valence electrons. The number of fused-ring (bicyclic) bond motifs is 3. The summed E-state index contributed by atoms with van der Waals surface area (Å²) in [6.07, 6.45) is 1.65. The normalized spacial score (nSPS) is 11.0. The minimum Gasteiger partial charge on any atom is -0.497 e. The molecule has 2 aromatic heterocycles. The molecule has 0 aliphatic heterocycles. The molecular weight excluding hydrogens is 350 g/mol. The highest BCUT2D eigenvalue weighted by Gasteiger charge is 2.12. The van der Waals surface area contributed by atoms with E-state index in [1.54, 1.807) is 37.7 Å². The molecule has 26 heavy (non-hydrogen) atoms. The number of nitrogens with one attached hydrogen (secondary N) is 1. The number of hydrogen-bond acceptors (Lipinski definition) is 6. The molecule has 0 aliphatic rings. The third-order valence-corrected chi connectivity index (χ3v) is 4.77. The molecular formula is C18H15N5O2S. The molecule has 0 fully saturated rings. The van der Waals surface area contributed by atoms with Crippen LogP contribution in [0.1, 0.15) is 0 Å². The molecule has 1 N–H and O–H groups in total. The van der Waals surface area contributed by atoms with E-state index < -0.39 is 0 Å². The maximum atomic E-state index is 12.2. The first-order valence-corrected chi connectivity index (χ1v) is 8.88. The molecule has 8 heteroatoms. The molecule has 0 bridgehead atoms. The summed E-state index contributed by atoms with van der Waals surface area (Å²) in [5, 5.41) is 11.6. The van der Waals surface area contributed by atoms with Gasteiger partial charge in [-0.1, -0.05) is 23.9 Å². The second-order valence-corrected chi connectivity index (χ2v) is 6.46. The van der Waals surface area contributed by atoms with Gasteiger partial charge in [-0.3, -0.25) is 9.20 Å². The van der Waals surface area contributed by atoms with Crippen LogP contribution in [0.25, 0.3) is 16.7 Å². The zero-order valence-corrected chi connectivity index (χ0v) is 14.7. The highest BCUT2D eigenvalue weighted by atomic mass is 32.2. The maximum absolute atomic E-state index is 12.2. The largest absolute Gasteiger partial charge is 0.497 e. The monoisotopic (exact) mass is 365 g/mol. The number of methoxy groups -OCH3 is 1. The Morgan fingerprint density at radius 1 is 1.19 bits per heavy atom. The van der Waals surface area contributed by atoms with Gasteiger partial charge in [0.15, 0.2) is 5.65 Å². The summed E-state index contributed by atoms with van der Waals surface area (Å²) in [7, 11) is 1.60. The van der Waals surface area contributed by atoms with Crippen molar-refractivity contribution in [2.24, 2.45) is 0 Å². The van der Waals surface area contributed by atoms with Gasteiger partial charge >= 0.3 is 0 Å². The van der Waals surface area contributed by atoms with Crippen molar-refractivity contribution in [2.75, 3.05) is 18.2 Å². The zero-order chi connectivity index (χ0) is 17.9. The summed E-state index contributed by atoms with van der Waals surface area (Å²) in [5.74, 6) is 0.847. The Morgan fingerprint density at radius 3 is 2.81 bits per heavy atom. The number of thioether (sulfide) groups is 1. The zero-order valence-electron chi connectivity index (χ0n) is 13.9. The van der Waals surface area contributed by atoms with E-state index in [0.29, 0.717) is 10.7 Å². The Morgan fingerprint density at radius 2 is 2.00 bits per heavy atom. The van der Waals surface area contributed by atoms with Crippen LogP contribution in [0, 0.1) is 0 Å². The average Bonchev–Trinajstić information content (AvgIpc) is 3.17. The number of ether oxygens (including phenoxy) is 1. The van der Waals surface area contributed by atoms with E-state index >= 15 is 0 Å². The number of amides is 1. The summed E-state index contributed by atoms with van der Waals surface area (Å²) in [5.41, 5.74) is 3.12. The minimum atomic E-state index is -0.118. The Labute approximate surface area is 153 Å². The smallest absolute Gasteiger partial charge is 0.234 e. The van der Waals surface area contributed by atoms with Gasteiger partial charge in [-0.15, -0.1) is 10.2 Å². The van der Waals surface area contributed by atoms with Gasteiger partial charge in [0, 0.05) is 5.69 Å². The number of hydrogen-bond donors (Lipinski definition) is 1. The lowest BCUT2D eigenvalue weighted by Crippen LogP contribution is -2.14. The van der Waals surface area contributed by atoms with Gasteiger partial charge in [0.25, 0.3) is 0 Å². The van der Waals surface area contributed by atoms with Gasteiger partial charge in [0.1, 0.15) is 17.1 Å². The van der Waals surface area contributed by atoms with E-state index in [2.05, 4.69) is 20.5 Å². The second kappa shape index (κ2) is 7.01. The highest BCUT2D eigenvalue weighted by Crippen LogP contribution is 2.24. The van der Waals surface area contributed by atoms with Crippen molar-refractivity contribution in [3.63, 3.8) is 0 Å². The van der Waals surface area contributed by atoms with E-state index in [1.807, 2.05) is 28.7 Å². The number of aromatic nitrogens is 4. The Bertz CT molecular complexity index is 1080. The van der Waals surface area contributed by atoms with Crippen LogP contribution in [0.5, 0.6) is 5.75 Å². The van der Waals surface area contributed by atoms with Crippen molar-refractivity contribution in [1.29, 1.82) is 0 Å². The van der Waals surface area contributed by atoms with E-state index in [0.717, 1.165) is 22.5 Å². The molecule has 0 saturated carbocycles. The van der Waals surface area contributed by atoms with Crippen LogP contribution in [0.4, 0.5) is 5.69 Å². The third-order valence-electron chi connectivity index (χ3n) is 3.82. The van der Waals surface area contributed by atoms with Gasteiger partial charge < -0.3 is 10.1 Å². The predicted octanol–water partition coefficient (Wildman–Crippen LogP) is 3.02. The summed E-state index contributed by atoms with van der Waals surface area (Å²) >= 11 is 1.33. The van der Waals surface area contributed by atoms with Gasteiger partial charge in [0.2, 0.25) is 5.91 Å². The molecule has 2 heterocycles. The molecule has 0 unspecified atom stereocenters. The number of carbonyl (C=O) groups is 1. The van der Waals surface area contributed by atoms with E-state index in [4.69, 9.17) is 4.74 Å². The lowest BCUT2D eigenvalue weighted by molar-refractivity contribution is -0.113. The van der Waals surface area contributed by atoms with E-state index in [9.17, 15) is 4.79 Å². The molecule has 1 amide bonds. The molecule has 2 aromatic carbocycles. The summed E-state index contributed by atoms with van der Waals surface area (Å²) in [4.78, 5) is 16.9. The summed E-state index contributed by atoms with van der Waals surface area (Å²) in [6, 6.07) is 15.0. The fourth-order valence-electron chi connectivity index (χ4n) is 2.58.